The molecule has 1 aromatic heterocycles. The third kappa shape index (κ3) is 4.65. The number of para-hydroxylation sites is 1. The number of nitrogens with zero attached hydrogens (tertiary/aromatic N) is 2. The van der Waals surface area contributed by atoms with Gasteiger partial charge in [0, 0.05) is 12.3 Å². The Morgan fingerprint density at radius 1 is 1.15 bits per heavy atom. The lowest BCUT2D eigenvalue weighted by Crippen LogP contribution is -2.30. The van der Waals surface area contributed by atoms with Crippen LogP contribution in [0.25, 0.3) is 21.7 Å². The molecule has 1 aliphatic heterocycles. The Kier molecular flexibility index (Phi) is 6.15. The second-order valence-corrected chi connectivity index (χ2v) is 9.58. The molecule has 2 atom stereocenters. The maximum atomic E-state index is 13.3. The maximum Gasteiger partial charge on any atom is 0.262 e. The van der Waals surface area contributed by atoms with Crippen molar-refractivity contribution in [3.63, 3.8) is 0 Å². The monoisotopic (exact) mass is 459 g/mol. The van der Waals surface area contributed by atoms with E-state index in [1.54, 1.807) is 10.6 Å². The van der Waals surface area contributed by atoms with Gasteiger partial charge in [-0.1, -0.05) is 54.2 Å². The van der Waals surface area contributed by atoms with Crippen molar-refractivity contribution >= 4 is 45.0 Å². The van der Waals surface area contributed by atoms with Crippen molar-refractivity contribution in [1.82, 2.24) is 9.55 Å². The summed E-state index contributed by atoms with van der Waals surface area (Å²) in [6.07, 6.45) is 1.90. The summed E-state index contributed by atoms with van der Waals surface area (Å²) in [5.41, 5.74) is 1.28. The summed E-state index contributed by atoms with van der Waals surface area (Å²) in [4.78, 5) is 31.0. The second kappa shape index (κ2) is 9.37. The summed E-state index contributed by atoms with van der Waals surface area (Å²) in [6.45, 7) is 2.99. The fourth-order valence-corrected chi connectivity index (χ4v) is 5.03. The van der Waals surface area contributed by atoms with E-state index in [1.165, 1.54) is 11.8 Å². The lowest BCUT2D eigenvalue weighted by molar-refractivity contribution is -0.115. The highest BCUT2D eigenvalue weighted by Gasteiger charge is 2.23. The summed E-state index contributed by atoms with van der Waals surface area (Å²) in [5, 5.41) is 5.86. The zero-order valence-electron chi connectivity index (χ0n) is 18.4. The Hall–Kier alpha value is -3.16. The van der Waals surface area contributed by atoms with Crippen LogP contribution in [-0.2, 0) is 16.1 Å². The van der Waals surface area contributed by atoms with Gasteiger partial charge in [0.1, 0.15) is 0 Å². The van der Waals surface area contributed by atoms with Crippen LogP contribution in [0.4, 0.5) is 5.69 Å². The number of hydrogen-bond donors (Lipinski definition) is 1. The first-order chi connectivity index (χ1) is 16.1. The third-order valence-electron chi connectivity index (χ3n) is 5.91. The molecule has 7 heteroatoms. The van der Waals surface area contributed by atoms with Crippen molar-refractivity contribution in [2.45, 2.75) is 42.8 Å². The number of carbonyl (C=O) groups excluding carboxylic acids is 1. The van der Waals surface area contributed by atoms with E-state index in [1.807, 2.05) is 67.6 Å². The van der Waals surface area contributed by atoms with Gasteiger partial charge < -0.3 is 10.1 Å². The van der Waals surface area contributed by atoms with Crippen LogP contribution in [0.15, 0.2) is 76.7 Å². The molecular weight excluding hydrogens is 434 g/mol. The number of benzene rings is 3. The standard InChI is InChI=1S/C26H25N3O3S/c1-17(24(30)27-20-13-12-18-7-2-3-8-19(18)15-20)33-26-28-23-11-5-4-10-22(23)25(31)29(26)16-21-9-6-14-32-21/h2-5,7-8,10-13,15,17,21H,6,9,14,16H2,1H3,(H,27,30)/t17-,21+/m0/s1. The molecule has 33 heavy (non-hydrogen) atoms. The molecule has 6 nitrogen and oxygen atoms in total. The molecule has 1 saturated heterocycles. The number of aromatic nitrogens is 2. The van der Waals surface area contributed by atoms with Crippen LogP contribution >= 0.6 is 11.8 Å². The molecule has 0 radical (unpaired) electrons. The van der Waals surface area contributed by atoms with Gasteiger partial charge in [-0.15, -0.1) is 0 Å². The Morgan fingerprint density at radius 3 is 2.76 bits per heavy atom. The average Bonchev–Trinajstić information content (AvgIpc) is 3.35. The van der Waals surface area contributed by atoms with Crippen molar-refractivity contribution in [3.8, 4) is 0 Å². The summed E-state index contributed by atoms with van der Waals surface area (Å²) in [7, 11) is 0. The van der Waals surface area contributed by atoms with E-state index in [-0.39, 0.29) is 17.6 Å². The van der Waals surface area contributed by atoms with Crippen LogP contribution in [0.2, 0.25) is 0 Å². The summed E-state index contributed by atoms with van der Waals surface area (Å²) < 4.78 is 7.44. The molecule has 168 valence electrons. The molecule has 1 amide bonds. The zero-order chi connectivity index (χ0) is 22.8. The number of anilines is 1. The minimum atomic E-state index is -0.444. The molecule has 1 N–H and O–H groups in total. The number of carbonyl (C=O) groups is 1. The van der Waals surface area contributed by atoms with Gasteiger partial charge in [-0.3, -0.25) is 14.2 Å². The molecule has 3 aromatic carbocycles. The molecule has 0 spiro atoms. The molecule has 0 bridgehead atoms. The smallest absolute Gasteiger partial charge is 0.262 e. The third-order valence-corrected chi connectivity index (χ3v) is 7.00. The average molecular weight is 460 g/mol. The number of thioether (sulfide) groups is 1. The molecule has 2 heterocycles. The van der Waals surface area contributed by atoms with Crippen molar-refractivity contribution in [3.05, 3.63) is 77.1 Å². The zero-order valence-corrected chi connectivity index (χ0v) is 19.2. The fraction of sp³-hybridized carbons (Fsp3) is 0.269. The van der Waals surface area contributed by atoms with Crippen LogP contribution in [0.5, 0.6) is 0 Å². The molecule has 1 aliphatic rings. The summed E-state index contributed by atoms with van der Waals surface area (Å²) >= 11 is 1.30. The van der Waals surface area contributed by atoms with Crippen LogP contribution in [0, 0.1) is 0 Å². The van der Waals surface area contributed by atoms with Crippen LogP contribution in [0.3, 0.4) is 0 Å². The minimum absolute atomic E-state index is 0.00764. The molecule has 4 aromatic rings. The van der Waals surface area contributed by atoms with E-state index in [4.69, 9.17) is 9.72 Å². The highest BCUT2D eigenvalue weighted by Crippen LogP contribution is 2.26. The molecule has 1 fully saturated rings. The second-order valence-electron chi connectivity index (χ2n) is 8.27. The fourth-order valence-electron chi connectivity index (χ4n) is 4.11. The first-order valence-corrected chi connectivity index (χ1v) is 12.0. The van der Waals surface area contributed by atoms with Gasteiger partial charge in [0.15, 0.2) is 5.16 Å². The number of ether oxygens (including phenoxy) is 1. The minimum Gasteiger partial charge on any atom is -0.376 e. The molecular formula is C26H25N3O3S. The van der Waals surface area contributed by atoms with Gasteiger partial charge in [0.25, 0.3) is 5.56 Å². The van der Waals surface area contributed by atoms with E-state index in [0.717, 1.165) is 29.3 Å². The number of nitrogens with one attached hydrogen (secondary N) is 1. The molecule has 0 aliphatic carbocycles. The van der Waals surface area contributed by atoms with Gasteiger partial charge in [-0.05, 0) is 54.8 Å². The Morgan fingerprint density at radius 2 is 1.94 bits per heavy atom. The van der Waals surface area contributed by atoms with Crippen LogP contribution in [0.1, 0.15) is 19.8 Å². The Balaban J connectivity index is 1.40. The quantitative estimate of drug-likeness (QED) is 0.330. The predicted molar refractivity (Wildman–Crippen MR) is 133 cm³/mol. The van der Waals surface area contributed by atoms with Gasteiger partial charge in [0.2, 0.25) is 5.91 Å². The summed E-state index contributed by atoms with van der Waals surface area (Å²) in [5.74, 6) is -0.138. The van der Waals surface area contributed by atoms with Crippen molar-refractivity contribution in [2.75, 3.05) is 11.9 Å². The highest BCUT2D eigenvalue weighted by atomic mass is 32.2. The van der Waals surface area contributed by atoms with Gasteiger partial charge >= 0.3 is 0 Å². The normalized spacial score (nSPS) is 16.8. The number of amides is 1. The van der Waals surface area contributed by atoms with Gasteiger partial charge in [-0.2, -0.15) is 0 Å². The predicted octanol–water partition coefficient (Wildman–Crippen LogP) is 4.85. The van der Waals surface area contributed by atoms with E-state index in [0.29, 0.717) is 29.2 Å². The van der Waals surface area contributed by atoms with Crippen molar-refractivity contribution < 1.29 is 9.53 Å². The molecule has 5 rings (SSSR count). The van der Waals surface area contributed by atoms with Gasteiger partial charge in [-0.25, -0.2) is 4.98 Å². The topological polar surface area (TPSA) is 73.2 Å². The lowest BCUT2D eigenvalue weighted by atomic mass is 10.1. The Labute approximate surface area is 196 Å². The first-order valence-electron chi connectivity index (χ1n) is 11.2. The largest absolute Gasteiger partial charge is 0.376 e. The highest BCUT2D eigenvalue weighted by molar-refractivity contribution is 8.00. The molecule has 0 saturated carbocycles. The van der Waals surface area contributed by atoms with Gasteiger partial charge in [0.05, 0.1) is 28.8 Å². The number of fused-ring (bicyclic) bond motifs is 2. The first kappa shape index (κ1) is 21.7. The number of hydrogen-bond acceptors (Lipinski definition) is 5. The SMILES string of the molecule is C[C@H](Sc1nc2ccccc2c(=O)n1C[C@H]1CCCO1)C(=O)Nc1ccc2ccccc2c1. The molecule has 0 unspecified atom stereocenters. The summed E-state index contributed by atoms with van der Waals surface area (Å²) in [6, 6.07) is 21.2. The van der Waals surface area contributed by atoms with Crippen LogP contribution < -0.4 is 10.9 Å². The van der Waals surface area contributed by atoms with E-state index in [9.17, 15) is 9.59 Å². The van der Waals surface area contributed by atoms with Crippen molar-refractivity contribution in [1.29, 1.82) is 0 Å². The van der Waals surface area contributed by atoms with E-state index < -0.39 is 5.25 Å². The van der Waals surface area contributed by atoms with E-state index in [2.05, 4.69) is 5.32 Å². The lowest BCUT2D eigenvalue weighted by Gasteiger charge is -2.18. The van der Waals surface area contributed by atoms with Crippen molar-refractivity contribution in [2.24, 2.45) is 0 Å². The Bertz CT molecular complexity index is 1380. The number of rotatable bonds is 6. The maximum absolute atomic E-state index is 13.3. The van der Waals surface area contributed by atoms with E-state index >= 15 is 0 Å². The van der Waals surface area contributed by atoms with Crippen LogP contribution in [-0.4, -0.2) is 33.4 Å².